The number of tetrazole rings is 1. The van der Waals surface area contributed by atoms with E-state index >= 15 is 0 Å². The maximum atomic E-state index is 8.72. The zero-order chi connectivity index (χ0) is 12.8. The van der Waals surface area contributed by atoms with Gasteiger partial charge in [-0.25, -0.2) is 0 Å². The molecule has 0 spiro atoms. The fourth-order valence-electron chi connectivity index (χ4n) is 1.46. The normalized spacial score (nSPS) is 12.8. The molecule has 0 amide bonds. The van der Waals surface area contributed by atoms with Gasteiger partial charge in [0.1, 0.15) is 0 Å². The summed E-state index contributed by atoms with van der Waals surface area (Å²) in [6, 6.07) is -0.00802. The topological polar surface area (TPSA) is 117 Å². The lowest BCUT2D eigenvalue weighted by atomic mass is 10.3. The zero-order valence-corrected chi connectivity index (χ0v) is 10.1. The van der Waals surface area contributed by atoms with Gasteiger partial charge in [-0.3, -0.25) is 4.68 Å². The van der Waals surface area contributed by atoms with Crippen molar-refractivity contribution in [1.82, 2.24) is 40.9 Å². The maximum absolute atomic E-state index is 8.72. The number of aliphatic hydroxyl groups excluding tert-OH is 1. The van der Waals surface area contributed by atoms with E-state index in [1.165, 1.54) is 0 Å². The molecule has 2 rings (SSSR count). The van der Waals surface area contributed by atoms with Crippen LogP contribution in [0, 0.1) is 0 Å². The molecule has 9 heteroatoms. The van der Waals surface area contributed by atoms with Crippen molar-refractivity contribution in [2.24, 2.45) is 0 Å². The van der Waals surface area contributed by atoms with Crippen LogP contribution < -0.4 is 5.32 Å². The summed E-state index contributed by atoms with van der Waals surface area (Å²) < 4.78 is 1.71. The van der Waals surface area contributed by atoms with Crippen molar-refractivity contribution in [3.8, 4) is 0 Å². The van der Waals surface area contributed by atoms with E-state index in [1.807, 2.05) is 13.1 Å². The molecule has 3 N–H and O–H groups in total. The number of aryl methyl sites for hydroxylation is 1. The third-order valence-corrected chi connectivity index (χ3v) is 2.47. The first-order valence-electron chi connectivity index (χ1n) is 5.76. The molecule has 0 saturated carbocycles. The first-order chi connectivity index (χ1) is 8.79. The number of rotatable bonds is 7. The summed E-state index contributed by atoms with van der Waals surface area (Å²) in [6.07, 6.45) is 2.53. The SMILES string of the molecule is CC(NCc1cn(CCCO)nn1)c1nn[nH]n1. The summed E-state index contributed by atoms with van der Waals surface area (Å²) in [5, 5.41) is 33.6. The Kier molecular flexibility index (Phi) is 4.31. The van der Waals surface area contributed by atoms with Crippen molar-refractivity contribution in [2.45, 2.75) is 32.5 Å². The summed E-state index contributed by atoms with van der Waals surface area (Å²) in [6.45, 7) is 3.35. The number of hydrogen-bond acceptors (Lipinski definition) is 7. The number of aliphatic hydroxyl groups is 1. The number of hydrogen-bond donors (Lipinski definition) is 3. The standard InChI is InChI=1S/C9H16N8O/c1-7(9-12-14-15-13-9)10-5-8-6-17(16-11-8)3-2-4-18/h6-7,10,18H,2-5H2,1H3,(H,12,13,14,15). The molecule has 0 aliphatic heterocycles. The van der Waals surface area contributed by atoms with Crippen molar-refractivity contribution in [3.63, 3.8) is 0 Å². The van der Waals surface area contributed by atoms with Crippen LogP contribution in [0.1, 0.15) is 30.9 Å². The molecule has 0 radical (unpaired) electrons. The van der Waals surface area contributed by atoms with Gasteiger partial charge in [-0.05, 0) is 13.3 Å². The van der Waals surface area contributed by atoms with Crippen LogP contribution in [0.25, 0.3) is 0 Å². The van der Waals surface area contributed by atoms with Crippen LogP contribution in [0.5, 0.6) is 0 Å². The molecule has 0 aliphatic rings. The van der Waals surface area contributed by atoms with Gasteiger partial charge in [0.15, 0.2) is 5.82 Å². The van der Waals surface area contributed by atoms with Gasteiger partial charge >= 0.3 is 0 Å². The van der Waals surface area contributed by atoms with Gasteiger partial charge in [0, 0.05) is 25.9 Å². The second-order valence-electron chi connectivity index (χ2n) is 3.92. The first-order valence-corrected chi connectivity index (χ1v) is 5.76. The summed E-state index contributed by atoms with van der Waals surface area (Å²) in [5.41, 5.74) is 0.836. The molecule has 0 fully saturated rings. The molecule has 98 valence electrons. The highest BCUT2D eigenvalue weighted by Crippen LogP contribution is 2.04. The minimum atomic E-state index is -0.00802. The molecule has 0 saturated heterocycles. The highest BCUT2D eigenvalue weighted by molar-refractivity contribution is 4.94. The van der Waals surface area contributed by atoms with Crippen LogP contribution in [0.15, 0.2) is 6.20 Å². The molecular formula is C9H16N8O. The van der Waals surface area contributed by atoms with E-state index in [-0.39, 0.29) is 12.6 Å². The fourth-order valence-corrected chi connectivity index (χ4v) is 1.46. The lowest BCUT2D eigenvalue weighted by molar-refractivity contribution is 0.276. The molecule has 2 aromatic heterocycles. The third-order valence-electron chi connectivity index (χ3n) is 2.47. The van der Waals surface area contributed by atoms with E-state index in [2.05, 4.69) is 36.3 Å². The lowest BCUT2D eigenvalue weighted by Gasteiger charge is -2.06. The van der Waals surface area contributed by atoms with Gasteiger partial charge in [0.05, 0.1) is 11.7 Å². The number of H-pyrrole nitrogens is 1. The van der Waals surface area contributed by atoms with E-state index in [4.69, 9.17) is 5.11 Å². The molecule has 2 heterocycles. The van der Waals surface area contributed by atoms with Crippen LogP contribution in [0.4, 0.5) is 0 Å². The van der Waals surface area contributed by atoms with Crippen molar-refractivity contribution in [1.29, 1.82) is 0 Å². The van der Waals surface area contributed by atoms with E-state index in [1.54, 1.807) is 4.68 Å². The van der Waals surface area contributed by atoms with Crippen LogP contribution in [0.2, 0.25) is 0 Å². The number of nitrogens with zero attached hydrogens (tertiary/aromatic N) is 6. The highest BCUT2D eigenvalue weighted by Gasteiger charge is 2.10. The van der Waals surface area contributed by atoms with E-state index in [9.17, 15) is 0 Å². The van der Waals surface area contributed by atoms with Crippen LogP contribution in [0.3, 0.4) is 0 Å². The van der Waals surface area contributed by atoms with Gasteiger partial charge in [-0.2, -0.15) is 5.21 Å². The second-order valence-corrected chi connectivity index (χ2v) is 3.92. The minimum absolute atomic E-state index is 0.00802. The summed E-state index contributed by atoms with van der Waals surface area (Å²) >= 11 is 0. The molecule has 0 aromatic carbocycles. The number of aromatic nitrogens is 7. The predicted octanol–water partition coefficient (Wildman–Crippen LogP) is -0.976. The Morgan fingerprint density at radius 3 is 3.11 bits per heavy atom. The molecule has 0 aliphatic carbocycles. The Balaban J connectivity index is 1.81. The summed E-state index contributed by atoms with van der Waals surface area (Å²) in [7, 11) is 0. The zero-order valence-electron chi connectivity index (χ0n) is 10.1. The van der Waals surface area contributed by atoms with E-state index in [0.717, 1.165) is 5.69 Å². The molecule has 9 nitrogen and oxygen atoms in total. The lowest BCUT2D eigenvalue weighted by Crippen LogP contribution is -2.19. The third kappa shape index (κ3) is 3.31. The minimum Gasteiger partial charge on any atom is -0.396 e. The van der Waals surface area contributed by atoms with Crippen molar-refractivity contribution in [2.75, 3.05) is 6.61 Å². The summed E-state index contributed by atoms with van der Waals surface area (Å²) in [4.78, 5) is 0. The van der Waals surface area contributed by atoms with Crippen molar-refractivity contribution < 1.29 is 5.11 Å². The number of nitrogens with one attached hydrogen (secondary N) is 2. The summed E-state index contributed by atoms with van der Waals surface area (Å²) in [5.74, 6) is 0.614. The quantitative estimate of drug-likeness (QED) is 0.580. The molecule has 1 unspecified atom stereocenters. The van der Waals surface area contributed by atoms with Crippen molar-refractivity contribution >= 4 is 0 Å². The maximum Gasteiger partial charge on any atom is 0.191 e. The smallest absolute Gasteiger partial charge is 0.191 e. The Labute approximate surface area is 104 Å². The highest BCUT2D eigenvalue weighted by atomic mass is 16.3. The monoisotopic (exact) mass is 252 g/mol. The van der Waals surface area contributed by atoms with Gasteiger partial charge in [-0.15, -0.1) is 15.3 Å². The molecule has 18 heavy (non-hydrogen) atoms. The second kappa shape index (κ2) is 6.17. The Hall–Kier alpha value is -1.87. The first kappa shape index (κ1) is 12.6. The van der Waals surface area contributed by atoms with Crippen molar-refractivity contribution in [3.05, 3.63) is 17.7 Å². The van der Waals surface area contributed by atoms with Gasteiger partial charge < -0.3 is 10.4 Å². The van der Waals surface area contributed by atoms with Gasteiger partial charge in [0.2, 0.25) is 0 Å². The van der Waals surface area contributed by atoms with Crippen LogP contribution in [-0.4, -0.2) is 47.3 Å². The van der Waals surface area contributed by atoms with Gasteiger partial charge in [-0.1, -0.05) is 10.4 Å². The Morgan fingerprint density at radius 2 is 2.39 bits per heavy atom. The predicted molar refractivity (Wildman–Crippen MR) is 61.2 cm³/mol. The van der Waals surface area contributed by atoms with E-state index in [0.29, 0.717) is 25.3 Å². The number of aromatic amines is 1. The fraction of sp³-hybridized carbons (Fsp3) is 0.667. The van der Waals surface area contributed by atoms with Crippen LogP contribution >= 0.6 is 0 Å². The molecule has 0 bridgehead atoms. The van der Waals surface area contributed by atoms with E-state index < -0.39 is 0 Å². The largest absolute Gasteiger partial charge is 0.396 e. The molecule has 2 aromatic rings. The Bertz CT molecular complexity index is 453. The molecular weight excluding hydrogens is 236 g/mol. The average Bonchev–Trinajstić information content (AvgIpc) is 3.04. The molecule has 1 atom stereocenters. The average molecular weight is 252 g/mol. The van der Waals surface area contributed by atoms with Crippen LogP contribution in [-0.2, 0) is 13.1 Å². The van der Waals surface area contributed by atoms with Gasteiger partial charge in [0.25, 0.3) is 0 Å². The Morgan fingerprint density at radius 1 is 1.50 bits per heavy atom.